The molecule has 0 fully saturated rings. The number of hydrogen-bond donors (Lipinski definition) is 1. The number of nitrogens with one attached hydrogen (secondary N) is 1. The molecule has 4 nitrogen and oxygen atoms in total. The Kier molecular flexibility index (Phi) is 5.96. The molecule has 5 rings (SSSR count). The smallest absolute Gasteiger partial charge is 0.225 e. The molecule has 0 radical (unpaired) electrons. The normalized spacial score (nSPS) is 11.0. The molecule has 0 atom stereocenters. The summed E-state index contributed by atoms with van der Waals surface area (Å²) in [6.45, 7) is 0.650. The molecule has 0 aliphatic carbocycles. The molecule has 164 valence electrons. The summed E-state index contributed by atoms with van der Waals surface area (Å²) in [6.07, 6.45) is 1.73. The first-order valence-corrected chi connectivity index (χ1v) is 10.9. The second-order valence-electron chi connectivity index (χ2n) is 7.53. The van der Waals surface area contributed by atoms with Crippen LogP contribution in [0.4, 0.5) is 4.39 Å². The van der Waals surface area contributed by atoms with Crippen LogP contribution in [0.1, 0.15) is 11.1 Å². The summed E-state index contributed by atoms with van der Waals surface area (Å²) in [6, 6.07) is 26.1. The fourth-order valence-electron chi connectivity index (χ4n) is 3.69. The van der Waals surface area contributed by atoms with E-state index >= 15 is 4.39 Å². The lowest BCUT2D eigenvalue weighted by molar-refractivity contribution is 0.268. The van der Waals surface area contributed by atoms with Crippen molar-refractivity contribution in [3.63, 3.8) is 0 Å². The molecule has 0 unspecified atom stereocenters. The molecule has 2 aromatic heterocycles. The summed E-state index contributed by atoms with van der Waals surface area (Å²) in [7, 11) is 0. The van der Waals surface area contributed by atoms with Gasteiger partial charge in [-0.15, -0.1) is 0 Å². The number of benzene rings is 3. The van der Waals surface area contributed by atoms with E-state index < -0.39 is 5.82 Å². The Hall–Kier alpha value is -3.83. The number of nitrogens with zero attached hydrogens (tertiary/aromatic N) is 1. The summed E-state index contributed by atoms with van der Waals surface area (Å²) < 4.78 is 27.1. The third-order valence-electron chi connectivity index (χ3n) is 5.30. The highest BCUT2D eigenvalue weighted by molar-refractivity contribution is 6.35. The van der Waals surface area contributed by atoms with Crippen molar-refractivity contribution in [2.75, 3.05) is 0 Å². The molecule has 0 spiro atoms. The van der Waals surface area contributed by atoms with E-state index in [1.54, 1.807) is 24.4 Å². The molecule has 0 aliphatic rings. The second-order valence-corrected chi connectivity index (χ2v) is 7.94. The maximum absolute atomic E-state index is 15.1. The third-order valence-corrected chi connectivity index (χ3v) is 5.60. The summed E-state index contributed by atoms with van der Waals surface area (Å²) in [5.74, 6) is 0.231. The van der Waals surface area contributed by atoms with Gasteiger partial charge in [-0.3, -0.25) is 0 Å². The summed E-state index contributed by atoms with van der Waals surface area (Å²) in [4.78, 5) is 7.65. The van der Waals surface area contributed by atoms with Crippen LogP contribution in [0.15, 0.2) is 91.1 Å². The zero-order valence-corrected chi connectivity index (χ0v) is 18.4. The van der Waals surface area contributed by atoms with Crippen molar-refractivity contribution in [2.45, 2.75) is 13.2 Å². The van der Waals surface area contributed by atoms with E-state index in [0.29, 0.717) is 39.5 Å². The molecular formula is C27H20ClFN2O2. The summed E-state index contributed by atoms with van der Waals surface area (Å²) in [5.41, 5.74) is 3.56. The first-order chi connectivity index (χ1) is 16.2. The largest absolute Gasteiger partial charge is 0.473 e. The molecule has 0 saturated heterocycles. The first-order valence-electron chi connectivity index (χ1n) is 10.5. The Morgan fingerprint density at radius 2 is 1.48 bits per heavy atom. The Labute approximate surface area is 195 Å². The highest BCUT2D eigenvalue weighted by atomic mass is 35.5. The number of aromatic nitrogens is 2. The molecule has 2 heterocycles. The van der Waals surface area contributed by atoms with Gasteiger partial charge >= 0.3 is 0 Å². The highest BCUT2D eigenvalue weighted by Gasteiger charge is 2.19. The Morgan fingerprint density at radius 3 is 2.18 bits per heavy atom. The van der Waals surface area contributed by atoms with E-state index in [1.807, 2.05) is 60.7 Å². The zero-order valence-electron chi connectivity index (χ0n) is 17.6. The Balaban J connectivity index is 1.53. The van der Waals surface area contributed by atoms with Crippen LogP contribution in [-0.2, 0) is 13.2 Å². The minimum absolute atomic E-state index is 0.285. The fraction of sp³-hybridized carbons (Fsp3) is 0.0741. The zero-order chi connectivity index (χ0) is 22.6. The maximum Gasteiger partial charge on any atom is 0.225 e. The number of ether oxygens (including phenoxy) is 2. The number of aromatic amines is 1. The van der Waals surface area contributed by atoms with Gasteiger partial charge in [0.25, 0.3) is 0 Å². The van der Waals surface area contributed by atoms with Crippen LogP contribution in [0, 0.1) is 5.82 Å². The molecule has 0 amide bonds. The number of pyridine rings is 1. The Bertz CT molecular complexity index is 1390. The van der Waals surface area contributed by atoms with Crippen molar-refractivity contribution in [3.8, 4) is 22.9 Å². The van der Waals surface area contributed by atoms with Gasteiger partial charge in [-0.05, 0) is 29.3 Å². The molecule has 33 heavy (non-hydrogen) atoms. The van der Waals surface area contributed by atoms with Crippen LogP contribution in [0.2, 0.25) is 5.02 Å². The highest BCUT2D eigenvalue weighted by Crippen LogP contribution is 2.39. The molecule has 5 aromatic rings. The number of halogens is 2. The SMILES string of the molecule is Fc1cc(Cl)c2[nH]ccc2c1-c1ccc(OCc2ccccc2)nc1OCc1ccccc1. The topological polar surface area (TPSA) is 47.1 Å². The van der Waals surface area contributed by atoms with Crippen molar-refractivity contribution < 1.29 is 13.9 Å². The molecule has 3 aromatic carbocycles. The van der Waals surface area contributed by atoms with Crippen LogP contribution in [0.3, 0.4) is 0 Å². The van der Waals surface area contributed by atoms with Crippen LogP contribution < -0.4 is 9.47 Å². The first kappa shape index (κ1) is 21.0. The van der Waals surface area contributed by atoms with Gasteiger partial charge in [-0.1, -0.05) is 72.3 Å². The van der Waals surface area contributed by atoms with Gasteiger partial charge in [0.1, 0.15) is 19.0 Å². The van der Waals surface area contributed by atoms with Crippen LogP contribution in [-0.4, -0.2) is 9.97 Å². The number of H-pyrrole nitrogens is 1. The number of hydrogen-bond acceptors (Lipinski definition) is 3. The van der Waals surface area contributed by atoms with Crippen LogP contribution in [0.25, 0.3) is 22.0 Å². The van der Waals surface area contributed by atoms with Crippen molar-refractivity contribution in [2.24, 2.45) is 0 Å². The van der Waals surface area contributed by atoms with Gasteiger partial charge in [-0.2, -0.15) is 4.98 Å². The van der Waals surface area contributed by atoms with Gasteiger partial charge in [0.05, 0.1) is 10.5 Å². The van der Waals surface area contributed by atoms with Gasteiger partial charge in [0.2, 0.25) is 11.8 Å². The second kappa shape index (κ2) is 9.35. The molecule has 0 aliphatic heterocycles. The lowest BCUT2D eigenvalue weighted by atomic mass is 10.0. The number of fused-ring (bicyclic) bond motifs is 1. The average molecular weight is 459 g/mol. The molecular weight excluding hydrogens is 439 g/mol. The van der Waals surface area contributed by atoms with Gasteiger partial charge in [0, 0.05) is 28.8 Å². The predicted octanol–water partition coefficient (Wildman–Crippen LogP) is 7.18. The quantitative estimate of drug-likeness (QED) is 0.281. The van der Waals surface area contributed by atoms with Crippen LogP contribution in [0.5, 0.6) is 11.8 Å². The summed E-state index contributed by atoms with van der Waals surface area (Å²) >= 11 is 6.23. The van der Waals surface area contributed by atoms with Crippen molar-refractivity contribution in [3.05, 3.63) is 113 Å². The van der Waals surface area contributed by atoms with Gasteiger partial charge in [0.15, 0.2) is 0 Å². The van der Waals surface area contributed by atoms with E-state index in [9.17, 15) is 0 Å². The van der Waals surface area contributed by atoms with Gasteiger partial charge in [-0.25, -0.2) is 4.39 Å². The summed E-state index contributed by atoms with van der Waals surface area (Å²) in [5, 5.41) is 0.975. The van der Waals surface area contributed by atoms with Crippen molar-refractivity contribution in [1.29, 1.82) is 0 Å². The molecule has 0 saturated carbocycles. The fourth-order valence-corrected chi connectivity index (χ4v) is 3.95. The minimum Gasteiger partial charge on any atom is -0.473 e. The minimum atomic E-state index is -0.448. The van der Waals surface area contributed by atoms with E-state index in [4.69, 9.17) is 21.1 Å². The van der Waals surface area contributed by atoms with E-state index in [1.165, 1.54) is 6.07 Å². The van der Waals surface area contributed by atoms with E-state index in [2.05, 4.69) is 9.97 Å². The average Bonchev–Trinajstić information content (AvgIpc) is 3.34. The Morgan fingerprint density at radius 1 is 0.818 bits per heavy atom. The van der Waals surface area contributed by atoms with E-state index in [-0.39, 0.29) is 12.5 Å². The lowest BCUT2D eigenvalue weighted by Gasteiger charge is -2.15. The molecule has 6 heteroatoms. The monoisotopic (exact) mass is 458 g/mol. The molecule has 1 N–H and O–H groups in total. The standard InChI is InChI=1S/C27H20ClFN2O2/c28-22-15-23(29)25(20-13-14-30-26(20)22)21-11-12-24(32-16-18-7-3-1-4-8-18)31-27(21)33-17-19-9-5-2-6-10-19/h1-15,30H,16-17H2. The lowest BCUT2D eigenvalue weighted by Crippen LogP contribution is -2.03. The van der Waals surface area contributed by atoms with Crippen molar-refractivity contribution >= 4 is 22.5 Å². The van der Waals surface area contributed by atoms with E-state index in [0.717, 1.165) is 11.1 Å². The molecule has 0 bridgehead atoms. The number of rotatable bonds is 7. The van der Waals surface area contributed by atoms with Crippen molar-refractivity contribution in [1.82, 2.24) is 9.97 Å². The van der Waals surface area contributed by atoms with Crippen LogP contribution >= 0.6 is 11.6 Å². The third kappa shape index (κ3) is 4.54. The maximum atomic E-state index is 15.1. The van der Waals surface area contributed by atoms with Gasteiger partial charge < -0.3 is 14.5 Å². The predicted molar refractivity (Wildman–Crippen MR) is 128 cm³/mol.